The molecule has 1 heterocycles. The first-order valence-corrected chi connectivity index (χ1v) is 11.6. The number of aryl methyl sites for hydroxylation is 3. The number of benzene rings is 3. The van der Waals surface area contributed by atoms with E-state index in [4.69, 9.17) is 9.47 Å². The number of ether oxygens (including phenoxy) is 2. The van der Waals surface area contributed by atoms with E-state index in [-0.39, 0.29) is 12.1 Å². The van der Waals surface area contributed by atoms with E-state index < -0.39 is 11.2 Å². The molecule has 32 heavy (non-hydrogen) atoms. The van der Waals surface area contributed by atoms with Gasteiger partial charge in [-0.15, -0.1) is 0 Å². The van der Waals surface area contributed by atoms with E-state index in [0.717, 1.165) is 47.9 Å². The van der Waals surface area contributed by atoms with Crippen molar-refractivity contribution in [1.29, 1.82) is 0 Å². The topological polar surface area (TPSA) is 38.8 Å². The molecule has 2 aliphatic rings. The van der Waals surface area contributed by atoms with Crippen LogP contribution in [0.25, 0.3) is 0 Å². The third kappa shape index (κ3) is 3.27. The second-order valence-corrected chi connectivity index (χ2v) is 9.37. The van der Waals surface area contributed by atoms with E-state index in [2.05, 4.69) is 62.4 Å². The van der Waals surface area contributed by atoms with Gasteiger partial charge in [0.1, 0.15) is 6.10 Å². The number of carbonyl (C=O) groups is 1. The Balaban J connectivity index is 1.68. The Morgan fingerprint density at radius 1 is 0.719 bits per heavy atom. The molecule has 1 aliphatic heterocycles. The van der Waals surface area contributed by atoms with Crippen molar-refractivity contribution in [2.24, 2.45) is 0 Å². The van der Waals surface area contributed by atoms with Crippen molar-refractivity contribution >= 4 is 5.97 Å². The van der Waals surface area contributed by atoms with E-state index in [1.807, 2.05) is 31.2 Å². The van der Waals surface area contributed by atoms with Crippen LogP contribution in [0, 0.1) is 20.8 Å². The van der Waals surface area contributed by atoms with Crippen LogP contribution in [0.2, 0.25) is 0 Å². The van der Waals surface area contributed by atoms with E-state index in [9.17, 15) is 4.79 Å². The molecule has 164 valence electrons. The van der Waals surface area contributed by atoms with Gasteiger partial charge in [-0.3, -0.25) is 0 Å². The lowest BCUT2D eigenvalue weighted by Crippen LogP contribution is -2.35. The van der Waals surface area contributed by atoms with Crippen molar-refractivity contribution in [3.8, 4) is 0 Å². The molecule has 0 aromatic heterocycles. The van der Waals surface area contributed by atoms with Gasteiger partial charge in [-0.1, -0.05) is 89.5 Å². The molecule has 1 unspecified atom stereocenters. The molecule has 1 saturated carbocycles. The van der Waals surface area contributed by atoms with Crippen LogP contribution in [0.5, 0.6) is 0 Å². The summed E-state index contributed by atoms with van der Waals surface area (Å²) in [6.07, 6.45) is 4.05. The number of epoxide rings is 1. The largest absolute Gasteiger partial charge is 0.460 e. The Morgan fingerprint density at radius 3 is 1.56 bits per heavy atom. The van der Waals surface area contributed by atoms with Gasteiger partial charge in [-0.05, 0) is 63.1 Å². The Bertz CT molecular complexity index is 1060. The molecule has 1 atom stereocenters. The van der Waals surface area contributed by atoms with E-state index in [1.165, 1.54) is 11.1 Å². The molecule has 0 bridgehead atoms. The first-order valence-electron chi connectivity index (χ1n) is 11.6. The average Bonchev–Trinajstić information content (AvgIpc) is 3.25. The second-order valence-electron chi connectivity index (χ2n) is 9.37. The summed E-state index contributed by atoms with van der Waals surface area (Å²) in [7, 11) is 0. The zero-order chi connectivity index (χ0) is 22.3. The molecule has 3 heteroatoms. The molecule has 0 amide bonds. The smallest absolute Gasteiger partial charge is 0.347 e. The summed E-state index contributed by atoms with van der Waals surface area (Å²) in [5.74, 6) is -0.283. The summed E-state index contributed by atoms with van der Waals surface area (Å²) in [6, 6.07) is 24.7. The van der Waals surface area contributed by atoms with Gasteiger partial charge in [0.2, 0.25) is 5.60 Å². The summed E-state index contributed by atoms with van der Waals surface area (Å²) in [6.45, 7) is 6.18. The molecule has 1 aliphatic carbocycles. The third-order valence-electron chi connectivity index (χ3n) is 7.00. The Kier molecular flexibility index (Phi) is 5.17. The van der Waals surface area contributed by atoms with Crippen LogP contribution >= 0.6 is 0 Å². The Hall–Kier alpha value is -2.91. The van der Waals surface area contributed by atoms with Gasteiger partial charge in [-0.2, -0.15) is 0 Å². The molecule has 3 nitrogen and oxygen atoms in total. The van der Waals surface area contributed by atoms with E-state index >= 15 is 0 Å². The fraction of sp³-hybridized carbons (Fsp3) is 0.345. The predicted octanol–water partition coefficient (Wildman–Crippen LogP) is 6.27. The number of carbonyl (C=O) groups excluding carboxylic acids is 1. The molecule has 2 fully saturated rings. The molecule has 3 aromatic carbocycles. The highest BCUT2D eigenvalue weighted by atomic mass is 16.7. The maximum atomic E-state index is 13.9. The number of esters is 1. The van der Waals surface area contributed by atoms with Crippen LogP contribution in [-0.4, -0.2) is 12.1 Å². The molecule has 0 spiro atoms. The van der Waals surface area contributed by atoms with Crippen LogP contribution in [0.3, 0.4) is 0 Å². The standard InChI is InChI=1S/C29H30O3/c1-20-8-14-23(15-9-20)28(24-16-10-21(2)11-17-24)29(32-28,25-18-12-22(3)13-19-25)27(30)31-26-6-4-5-7-26/h8-19,26H,4-7H2,1-3H3. The van der Waals surface area contributed by atoms with Crippen LogP contribution in [0.15, 0.2) is 72.8 Å². The van der Waals surface area contributed by atoms with Crippen LogP contribution < -0.4 is 0 Å². The molecule has 5 rings (SSSR count). The van der Waals surface area contributed by atoms with Crippen molar-refractivity contribution in [2.75, 3.05) is 0 Å². The number of rotatable bonds is 5. The van der Waals surface area contributed by atoms with E-state index in [0.29, 0.717) is 0 Å². The van der Waals surface area contributed by atoms with E-state index in [1.54, 1.807) is 0 Å². The Labute approximate surface area is 190 Å². The SMILES string of the molecule is Cc1ccc(C2(C(=O)OC3CCCC3)OC2(c2ccc(C)cc2)c2ccc(C)cc2)cc1. The average molecular weight is 427 g/mol. The third-order valence-corrected chi connectivity index (χ3v) is 7.00. The summed E-state index contributed by atoms with van der Waals surface area (Å²) in [5.41, 5.74) is 4.14. The number of hydrogen-bond acceptors (Lipinski definition) is 3. The van der Waals surface area contributed by atoms with Crippen molar-refractivity contribution in [1.82, 2.24) is 0 Å². The lowest BCUT2D eigenvalue weighted by atomic mass is 9.76. The molecule has 1 saturated heterocycles. The fourth-order valence-electron chi connectivity index (χ4n) is 5.07. The minimum absolute atomic E-state index is 0.0252. The minimum atomic E-state index is -1.20. The number of hydrogen-bond donors (Lipinski definition) is 0. The maximum absolute atomic E-state index is 13.9. The zero-order valence-electron chi connectivity index (χ0n) is 19.1. The monoisotopic (exact) mass is 426 g/mol. The quantitative estimate of drug-likeness (QED) is 0.357. The zero-order valence-corrected chi connectivity index (χ0v) is 19.1. The first kappa shape index (κ1) is 21.0. The Morgan fingerprint density at radius 2 is 1.12 bits per heavy atom. The van der Waals surface area contributed by atoms with Crippen molar-refractivity contribution in [3.05, 3.63) is 106 Å². The van der Waals surface area contributed by atoms with Gasteiger partial charge in [0.05, 0.1) is 0 Å². The highest BCUT2D eigenvalue weighted by Crippen LogP contribution is 2.66. The maximum Gasteiger partial charge on any atom is 0.347 e. The minimum Gasteiger partial charge on any atom is -0.460 e. The summed E-state index contributed by atoms with van der Waals surface area (Å²) in [5, 5.41) is 0. The fourth-order valence-corrected chi connectivity index (χ4v) is 5.07. The van der Waals surface area contributed by atoms with Crippen LogP contribution in [-0.2, 0) is 25.5 Å². The van der Waals surface area contributed by atoms with Crippen molar-refractivity contribution in [2.45, 2.75) is 63.8 Å². The lowest BCUT2D eigenvalue weighted by Gasteiger charge is -2.23. The lowest BCUT2D eigenvalue weighted by molar-refractivity contribution is -0.155. The molecule has 0 radical (unpaired) electrons. The summed E-state index contributed by atoms with van der Waals surface area (Å²) in [4.78, 5) is 13.9. The second kappa shape index (κ2) is 7.90. The highest BCUT2D eigenvalue weighted by Gasteiger charge is 2.78. The predicted molar refractivity (Wildman–Crippen MR) is 125 cm³/mol. The van der Waals surface area contributed by atoms with Gasteiger partial charge in [0.25, 0.3) is 0 Å². The van der Waals surface area contributed by atoms with Gasteiger partial charge in [0.15, 0.2) is 5.60 Å². The molecular weight excluding hydrogens is 396 g/mol. The summed E-state index contributed by atoms with van der Waals surface area (Å²) < 4.78 is 12.8. The summed E-state index contributed by atoms with van der Waals surface area (Å²) >= 11 is 0. The molecular formula is C29H30O3. The van der Waals surface area contributed by atoms with Gasteiger partial charge in [0, 0.05) is 0 Å². The van der Waals surface area contributed by atoms with Crippen molar-refractivity contribution in [3.63, 3.8) is 0 Å². The first-order chi connectivity index (χ1) is 15.5. The molecule has 3 aromatic rings. The molecule has 0 N–H and O–H groups in total. The van der Waals surface area contributed by atoms with Crippen LogP contribution in [0.4, 0.5) is 0 Å². The van der Waals surface area contributed by atoms with Crippen molar-refractivity contribution < 1.29 is 14.3 Å². The van der Waals surface area contributed by atoms with Gasteiger partial charge >= 0.3 is 5.97 Å². The van der Waals surface area contributed by atoms with Gasteiger partial charge < -0.3 is 9.47 Å². The van der Waals surface area contributed by atoms with Gasteiger partial charge in [-0.25, -0.2) is 4.79 Å². The van der Waals surface area contributed by atoms with Crippen LogP contribution in [0.1, 0.15) is 59.1 Å². The normalized spacial score (nSPS) is 22.0. The highest BCUT2D eigenvalue weighted by molar-refractivity contribution is 5.89.